The summed E-state index contributed by atoms with van der Waals surface area (Å²) in [6, 6.07) is 10.6. The maximum Gasteiger partial charge on any atom is 0.343 e. The summed E-state index contributed by atoms with van der Waals surface area (Å²) in [5, 5.41) is 14.3. The van der Waals surface area contributed by atoms with E-state index in [1.807, 2.05) is 26.0 Å². The first-order valence-electron chi connectivity index (χ1n) is 8.15. The van der Waals surface area contributed by atoms with Crippen LogP contribution in [0.5, 0.6) is 5.75 Å². The molecule has 26 heavy (non-hydrogen) atoms. The topological polar surface area (TPSA) is 90.7 Å². The van der Waals surface area contributed by atoms with Gasteiger partial charge in [-0.05, 0) is 30.5 Å². The van der Waals surface area contributed by atoms with Crippen LogP contribution in [0.25, 0.3) is 0 Å². The van der Waals surface area contributed by atoms with Crippen molar-refractivity contribution in [3.8, 4) is 5.75 Å². The van der Waals surface area contributed by atoms with Gasteiger partial charge in [-0.3, -0.25) is 10.1 Å². The number of carbonyl (C=O) groups excluding carboxylic acids is 1. The predicted molar refractivity (Wildman–Crippen MR) is 97.1 cm³/mol. The molecular formula is C19H22N2O5. The molecule has 7 heteroatoms. The minimum atomic E-state index is -0.431. The van der Waals surface area contributed by atoms with Crippen molar-refractivity contribution in [1.82, 2.24) is 5.32 Å². The largest absolute Gasteiger partial charge is 0.481 e. The van der Waals surface area contributed by atoms with Crippen LogP contribution in [0.4, 0.5) is 5.69 Å². The number of nitro benzene ring substituents is 1. The van der Waals surface area contributed by atoms with Gasteiger partial charge in [-0.1, -0.05) is 30.3 Å². The highest BCUT2D eigenvalue weighted by molar-refractivity contribution is 5.71. The maximum atomic E-state index is 11.2. The number of rotatable bonds is 8. The lowest BCUT2D eigenvalue weighted by Gasteiger charge is -2.14. The minimum absolute atomic E-state index is 0.110. The summed E-state index contributed by atoms with van der Waals surface area (Å²) < 4.78 is 10.1. The van der Waals surface area contributed by atoms with E-state index < -0.39 is 5.97 Å². The van der Waals surface area contributed by atoms with Crippen LogP contribution < -0.4 is 10.1 Å². The summed E-state index contributed by atoms with van der Waals surface area (Å²) in [6.45, 7) is 4.64. The first-order chi connectivity index (χ1) is 12.4. The van der Waals surface area contributed by atoms with E-state index in [4.69, 9.17) is 4.74 Å². The number of benzene rings is 2. The van der Waals surface area contributed by atoms with Gasteiger partial charge in [0.25, 0.3) is 5.69 Å². The van der Waals surface area contributed by atoms with Crippen LogP contribution in [0.2, 0.25) is 0 Å². The molecule has 2 rings (SSSR count). The molecule has 0 aliphatic carbocycles. The van der Waals surface area contributed by atoms with E-state index in [2.05, 4.69) is 10.1 Å². The maximum absolute atomic E-state index is 11.2. The number of carbonyl (C=O) groups is 1. The molecule has 1 N–H and O–H groups in total. The second-order valence-corrected chi connectivity index (χ2v) is 5.91. The Hall–Kier alpha value is -2.93. The summed E-state index contributed by atoms with van der Waals surface area (Å²) >= 11 is 0. The fraction of sp³-hybridized carbons (Fsp3) is 0.316. The molecule has 0 saturated carbocycles. The number of para-hydroxylation sites is 1. The Labute approximate surface area is 152 Å². The Kier molecular flexibility index (Phi) is 6.68. The Balaban J connectivity index is 2.00. The first-order valence-corrected chi connectivity index (χ1v) is 8.15. The molecular weight excluding hydrogens is 336 g/mol. The van der Waals surface area contributed by atoms with E-state index in [-0.39, 0.29) is 17.2 Å². The average molecular weight is 358 g/mol. The number of aryl methyl sites for hydroxylation is 2. The molecule has 0 amide bonds. The molecule has 2 aromatic rings. The van der Waals surface area contributed by atoms with Gasteiger partial charge in [0.05, 0.1) is 12.0 Å². The van der Waals surface area contributed by atoms with E-state index in [1.165, 1.54) is 13.2 Å². The lowest BCUT2D eigenvalue weighted by atomic mass is 10.1. The van der Waals surface area contributed by atoms with E-state index in [0.717, 1.165) is 16.7 Å². The van der Waals surface area contributed by atoms with Crippen LogP contribution in [0, 0.1) is 24.0 Å². The number of hydrogen-bond donors (Lipinski definition) is 1. The molecule has 0 bridgehead atoms. The van der Waals surface area contributed by atoms with Gasteiger partial charge >= 0.3 is 5.97 Å². The molecule has 0 unspecified atom stereocenters. The van der Waals surface area contributed by atoms with Crippen molar-refractivity contribution in [1.29, 1.82) is 0 Å². The van der Waals surface area contributed by atoms with Crippen LogP contribution in [0.3, 0.4) is 0 Å². The smallest absolute Gasteiger partial charge is 0.343 e. The summed E-state index contributed by atoms with van der Waals surface area (Å²) in [5.41, 5.74) is 3.61. The third-order valence-electron chi connectivity index (χ3n) is 3.92. The third-order valence-corrected chi connectivity index (χ3v) is 3.92. The van der Waals surface area contributed by atoms with Crippen molar-refractivity contribution < 1.29 is 19.2 Å². The zero-order valence-electron chi connectivity index (χ0n) is 15.1. The predicted octanol–water partition coefficient (Wildman–Crippen LogP) is 3.05. The molecule has 0 saturated heterocycles. The Morgan fingerprint density at radius 3 is 2.42 bits per heavy atom. The van der Waals surface area contributed by atoms with Gasteiger partial charge in [0.2, 0.25) is 0 Å². The fourth-order valence-electron chi connectivity index (χ4n) is 2.74. The number of methoxy groups -OCH3 is 1. The van der Waals surface area contributed by atoms with Gasteiger partial charge in [0, 0.05) is 24.7 Å². The molecule has 0 radical (unpaired) electrons. The monoisotopic (exact) mass is 358 g/mol. The van der Waals surface area contributed by atoms with Crippen molar-refractivity contribution in [3.05, 3.63) is 68.8 Å². The number of nitrogens with zero attached hydrogens (tertiary/aromatic N) is 1. The lowest BCUT2D eigenvalue weighted by Crippen LogP contribution is -2.15. The van der Waals surface area contributed by atoms with Gasteiger partial charge in [-0.25, -0.2) is 4.79 Å². The van der Waals surface area contributed by atoms with Gasteiger partial charge in [-0.15, -0.1) is 0 Å². The molecule has 138 valence electrons. The molecule has 2 aromatic carbocycles. The molecule has 0 aromatic heterocycles. The normalized spacial score (nSPS) is 10.4. The van der Waals surface area contributed by atoms with Crippen molar-refractivity contribution >= 4 is 11.7 Å². The van der Waals surface area contributed by atoms with E-state index in [9.17, 15) is 14.9 Å². The van der Waals surface area contributed by atoms with Crippen molar-refractivity contribution in [2.75, 3.05) is 13.7 Å². The molecule has 0 atom stereocenters. The standard InChI is InChI=1S/C19H22N2O5/c1-13-8-15(9-14(2)19(13)26-12-18(22)25-3)10-20-11-16-6-4-5-7-17(16)21(23)24/h4-9,20H,10-12H2,1-3H3. The van der Waals surface area contributed by atoms with E-state index in [0.29, 0.717) is 24.4 Å². The molecule has 0 spiro atoms. The minimum Gasteiger partial charge on any atom is -0.481 e. The second kappa shape index (κ2) is 8.96. The van der Waals surface area contributed by atoms with E-state index in [1.54, 1.807) is 18.2 Å². The van der Waals surface area contributed by atoms with Crippen LogP contribution in [0.1, 0.15) is 22.3 Å². The second-order valence-electron chi connectivity index (χ2n) is 5.91. The number of ether oxygens (including phenoxy) is 2. The van der Waals surface area contributed by atoms with Crippen molar-refractivity contribution in [2.45, 2.75) is 26.9 Å². The Morgan fingerprint density at radius 1 is 1.15 bits per heavy atom. The molecule has 7 nitrogen and oxygen atoms in total. The zero-order chi connectivity index (χ0) is 19.1. The summed E-state index contributed by atoms with van der Waals surface area (Å²) in [5.74, 6) is 0.233. The van der Waals surface area contributed by atoms with Gasteiger partial charge in [0.1, 0.15) is 5.75 Å². The van der Waals surface area contributed by atoms with Gasteiger partial charge in [-0.2, -0.15) is 0 Å². The highest BCUT2D eigenvalue weighted by Crippen LogP contribution is 2.25. The average Bonchev–Trinajstić information content (AvgIpc) is 2.61. The summed E-state index contributed by atoms with van der Waals surface area (Å²) in [6.07, 6.45) is 0. The number of hydrogen-bond acceptors (Lipinski definition) is 6. The highest BCUT2D eigenvalue weighted by Gasteiger charge is 2.12. The Morgan fingerprint density at radius 2 is 1.81 bits per heavy atom. The molecule has 0 heterocycles. The first kappa shape index (κ1) is 19.4. The number of esters is 1. The van der Waals surface area contributed by atoms with Crippen LogP contribution in [0.15, 0.2) is 36.4 Å². The SMILES string of the molecule is COC(=O)COc1c(C)cc(CNCc2ccccc2[N+](=O)[O-])cc1C. The fourth-order valence-corrected chi connectivity index (χ4v) is 2.74. The molecule has 0 fully saturated rings. The van der Waals surface area contributed by atoms with Gasteiger partial charge < -0.3 is 14.8 Å². The quantitative estimate of drug-likeness (QED) is 0.443. The Bertz CT molecular complexity index is 781. The van der Waals surface area contributed by atoms with Crippen LogP contribution >= 0.6 is 0 Å². The number of nitro groups is 1. The van der Waals surface area contributed by atoms with Crippen LogP contribution in [-0.2, 0) is 22.6 Å². The van der Waals surface area contributed by atoms with E-state index >= 15 is 0 Å². The van der Waals surface area contributed by atoms with Crippen molar-refractivity contribution in [3.63, 3.8) is 0 Å². The van der Waals surface area contributed by atoms with Crippen molar-refractivity contribution in [2.24, 2.45) is 0 Å². The van der Waals surface area contributed by atoms with Gasteiger partial charge in [0.15, 0.2) is 6.61 Å². The molecule has 0 aliphatic rings. The summed E-state index contributed by atoms with van der Waals surface area (Å²) in [4.78, 5) is 21.9. The highest BCUT2D eigenvalue weighted by atomic mass is 16.6. The van der Waals surface area contributed by atoms with Crippen LogP contribution in [-0.4, -0.2) is 24.6 Å². The third kappa shape index (κ3) is 5.03. The zero-order valence-corrected chi connectivity index (χ0v) is 15.1. The number of nitrogens with one attached hydrogen (secondary N) is 1. The molecule has 0 aliphatic heterocycles. The summed E-state index contributed by atoms with van der Waals surface area (Å²) in [7, 11) is 1.32. The lowest BCUT2D eigenvalue weighted by molar-refractivity contribution is -0.385.